The maximum absolute atomic E-state index is 13.9. The van der Waals surface area contributed by atoms with Gasteiger partial charge in [0.15, 0.2) is 5.69 Å². The smallest absolute Gasteiger partial charge is 0.274 e. The Labute approximate surface area is 172 Å². The fourth-order valence-corrected chi connectivity index (χ4v) is 3.75. The van der Waals surface area contributed by atoms with Gasteiger partial charge in [-0.15, -0.1) is 0 Å². The minimum Gasteiger partial charge on any atom is -0.348 e. The summed E-state index contributed by atoms with van der Waals surface area (Å²) in [6, 6.07) is 12.7. The van der Waals surface area contributed by atoms with E-state index in [2.05, 4.69) is 10.4 Å². The molecular formula is C22H21FN4O3. The van der Waals surface area contributed by atoms with Crippen molar-refractivity contribution in [2.24, 2.45) is 7.05 Å². The number of carbonyl (C=O) groups is 2. The zero-order valence-corrected chi connectivity index (χ0v) is 16.5. The van der Waals surface area contributed by atoms with E-state index in [1.807, 2.05) is 0 Å². The summed E-state index contributed by atoms with van der Waals surface area (Å²) >= 11 is 0. The molecule has 0 radical (unpaired) electrons. The number of hydrogen-bond acceptors (Lipinski definition) is 4. The first-order chi connectivity index (χ1) is 14.5. The molecule has 0 saturated carbocycles. The Morgan fingerprint density at radius 2 is 1.67 bits per heavy atom. The van der Waals surface area contributed by atoms with Gasteiger partial charge in [-0.1, -0.05) is 30.3 Å². The highest BCUT2D eigenvalue weighted by atomic mass is 19.1. The summed E-state index contributed by atoms with van der Waals surface area (Å²) in [5.74, 6) is -1.24. The van der Waals surface area contributed by atoms with Crippen molar-refractivity contribution in [2.45, 2.75) is 18.9 Å². The third-order valence-electron chi connectivity index (χ3n) is 5.39. The Balaban J connectivity index is 1.45. The second kappa shape index (κ2) is 8.06. The van der Waals surface area contributed by atoms with E-state index < -0.39 is 5.82 Å². The van der Waals surface area contributed by atoms with Crippen molar-refractivity contribution in [3.63, 3.8) is 0 Å². The van der Waals surface area contributed by atoms with E-state index >= 15 is 0 Å². The van der Waals surface area contributed by atoms with Gasteiger partial charge in [-0.3, -0.25) is 14.4 Å². The minimum absolute atomic E-state index is 0.0564. The molecule has 8 heteroatoms. The van der Waals surface area contributed by atoms with Crippen LogP contribution >= 0.6 is 0 Å². The zero-order valence-electron chi connectivity index (χ0n) is 16.5. The van der Waals surface area contributed by atoms with E-state index in [0.717, 1.165) is 4.68 Å². The van der Waals surface area contributed by atoms with E-state index in [4.69, 9.17) is 0 Å². The molecule has 1 aromatic heterocycles. The number of carbonyl (C=O) groups excluding carboxylic acids is 2. The molecule has 1 aliphatic heterocycles. The van der Waals surface area contributed by atoms with Crippen molar-refractivity contribution in [1.29, 1.82) is 0 Å². The zero-order chi connectivity index (χ0) is 21.3. The van der Waals surface area contributed by atoms with Gasteiger partial charge in [0.25, 0.3) is 17.4 Å². The number of hydrogen-bond donors (Lipinski definition) is 1. The van der Waals surface area contributed by atoms with Crippen LogP contribution in [-0.2, 0) is 7.05 Å². The monoisotopic (exact) mass is 408 g/mol. The molecule has 7 nitrogen and oxygen atoms in total. The highest BCUT2D eigenvalue weighted by Crippen LogP contribution is 2.18. The number of likely N-dealkylation sites (tertiary alicyclic amines) is 1. The second-order valence-corrected chi connectivity index (χ2v) is 7.34. The largest absolute Gasteiger partial charge is 0.348 e. The molecule has 0 aliphatic carbocycles. The van der Waals surface area contributed by atoms with Crippen LogP contribution in [0, 0.1) is 5.82 Å². The Morgan fingerprint density at radius 1 is 1.03 bits per heavy atom. The van der Waals surface area contributed by atoms with Crippen LogP contribution in [0.25, 0.3) is 10.8 Å². The van der Waals surface area contributed by atoms with Crippen molar-refractivity contribution in [3.8, 4) is 0 Å². The maximum Gasteiger partial charge on any atom is 0.274 e. The van der Waals surface area contributed by atoms with Crippen molar-refractivity contribution < 1.29 is 14.0 Å². The Morgan fingerprint density at radius 3 is 2.37 bits per heavy atom. The van der Waals surface area contributed by atoms with Crippen LogP contribution in [0.5, 0.6) is 0 Å². The number of benzene rings is 2. The normalized spacial score (nSPS) is 14.7. The molecule has 1 aliphatic rings. The van der Waals surface area contributed by atoms with Gasteiger partial charge in [0.2, 0.25) is 0 Å². The number of aromatic nitrogens is 2. The highest BCUT2D eigenvalue weighted by Gasteiger charge is 2.27. The molecule has 30 heavy (non-hydrogen) atoms. The fraction of sp³-hybridized carbons (Fsp3) is 0.273. The minimum atomic E-state index is -0.537. The third kappa shape index (κ3) is 3.68. The van der Waals surface area contributed by atoms with Crippen LogP contribution in [0.4, 0.5) is 4.39 Å². The summed E-state index contributed by atoms with van der Waals surface area (Å²) in [6.07, 6.45) is 1.10. The molecule has 2 amide bonds. The van der Waals surface area contributed by atoms with Gasteiger partial charge < -0.3 is 10.2 Å². The summed E-state index contributed by atoms with van der Waals surface area (Å²) < 4.78 is 15.0. The molecule has 1 saturated heterocycles. The molecule has 2 heterocycles. The first kappa shape index (κ1) is 19.8. The quantitative estimate of drug-likeness (QED) is 0.720. The highest BCUT2D eigenvalue weighted by molar-refractivity contribution is 6.04. The average molecular weight is 408 g/mol. The molecule has 0 spiro atoms. The molecule has 1 fully saturated rings. The van der Waals surface area contributed by atoms with Crippen LogP contribution in [-0.4, -0.2) is 45.6 Å². The lowest BCUT2D eigenvalue weighted by molar-refractivity contribution is 0.0693. The predicted molar refractivity (Wildman–Crippen MR) is 110 cm³/mol. The van der Waals surface area contributed by atoms with Gasteiger partial charge in [0, 0.05) is 31.6 Å². The van der Waals surface area contributed by atoms with Crippen LogP contribution in [0.3, 0.4) is 0 Å². The number of nitrogens with one attached hydrogen (secondary N) is 1. The summed E-state index contributed by atoms with van der Waals surface area (Å²) in [6.45, 7) is 0.832. The number of amides is 2. The van der Waals surface area contributed by atoms with Gasteiger partial charge in [-0.05, 0) is 31.0 Å². The van der Waals surface area contributed by atoms with Gasteiger partial charge in [0.1, 0.15) is 5.82 Å². The standard InChI is InChI=1S/C22H21FN4O3/c1-26-21(29)16-7-3-2-6-15(16)19(25-26)20(28)24-14-10-12-27(13-11-14)22(30)17-8-4-5-9-18(17)23/h2-9,14H,10-13H2,1H3,(H,24,28). The number of fused-ring (bicyclic) bond motifs is 1. The molecule has 1 N–H and O–H groups in total. The molecule has 0 atom stereocenters. The van der Waals surface area contributed by atoms with Crippen molar-refractivity contribution >= 4 is 22.6 Å². The average Bonchev–Trinajstić information content (AvgIpc) is 2.76. The Kier molecular flexibility index (Phi) is 5.31. The van der Waals surface area contributed by atoms with E-state index in [9.17, 15) is 18.8 Å². The number of nitrogens with zero attached hydrogens (tertiary/aromatic N) is 3. The summed E-state index contributed by atoms with van der Waals surface area (Å²) in [4.78, 5) is 39.2. The van der Waals surface area contributed by atoms with Gasteiger partial charge >= 0.3 is 0 Å². The number of halogens is 1. The molecule has 4 rings (SSSR count). The van der Waals surface area contributed by atoms with Crippen molar-refractivity contribution in [1.82, 2.24) is 20.0 Å². The van der Waals surface area contributed by atoms with E-state index in [0.29, 0.717) is 36.7 Å². The van der Waals surface area contributed by atoms with Crippen LogP contribution < -0.4 is 10.9 Å². The Bertz CT molecular complexity index is 1180. The predicted octanol–water partition coefficient (Wildman–Crippen LogP) is 2.11. The summed E-state index contributed by atoms with van der Waals surface area (Å²) in [5, 5.41) is 8.04. The van der Waals surface area contributed by atoms with E-state index in [1.165, 1.54) is 19.2 Å². The lowest BCUT2D eigenvalue weighted by Gasteiger charge is -2.32. The molecule has 0 bridgehead atoms. The number of piperidine rings is 1. The van der Waals surface area contributed by atoms with Crippen LogP contribution in [0.2, 0.25) is 0 Å². The van der Waals surface area contributed by atoms with Gasteiger partial charge in [-0.2, -0.15) is 5.10 Å². The first-order valence-electron chi connectivity index (χ1n) is 9.76. The lowest BCUT2D eigenvalue weighted by Crippen LogP contribution is -2.47. The first-order valence-corrected chi connectivity index (χ1v) is 9.76. The second-order valence-electron chi connectivity index (χ2n) is 7.34. The Hall–Kier alpha value is -3.55. The molecule has 3 aromatic rings. The summed E-state index contributed by atoms with van der Waals surface area (Å²) in [5.41, 5.74) is -0.0134. The third-order valence-corrected chi connectivity index (χ3v) is 5.39. The molecular weight excluding hydrogens is 387 g/mol. The molecule has 0 unspecified atom stereocenters. The van der Waals surface area contributed by atoms with E-state index in [1.54, 1.807) is 41.3 Å². The van der Waals surface area contributed by atoms with E-state index in [-0.39, 0.29) is 34.7 Å². The summed E-state index contributed by atoms with van der Waals surface area (Å²) in [7, 11) is 1.51. The van der Waals surface area contributed by atoms with Crippen molar-refractivity contribution in [3.05, 3.63) is 76.0 Å². The molecule has 154 valence electrons. The number of aryl methyl sites for hydroxylation is 1. The van der Waals surface area contributed by atoms with Gasteiger partial charge in [0.05, 0.1) is 10.9 Å². The maximum atomic E-state index is 13.9. The van der Waals surface area contributed by atoms with Crippen molar-refractivity contribution in [2.75, 3.05) is 13.1 Å². The topological polar surface area (TPSA) is 84.3 Å². The lowest BCUT2D eigenvalue weighted by atomic mass is 10.0. The fourth-order valence-electron chi connectivity index (χ4n) is 3.75. The van der Waals surface area contributed by atoms with Crippen LogP contribution in [0.15, 0.2) is 53.3 Å². The SMILES string of the molecule is Cn1nc(C(=O)NC2CCN(C(=O)c3ccccc3F)CC2)c2ccccc2c1=O. The molecule has 2 aromatic carbocycles. The van der Waals surface area contributed by atoms with Gasteiger partial charge in [-0.25, -0.2) is 9.07 Å². The number of rotatable bonds is 3. The van der Waals surface area contributed by atoms with Crippen LogP contribution in [0.1, 0.15) is 33.7 Å².